The highest BCUT2D eigenvalue weighted by atomic mass is 19.4. The number of nitriles is 2. The van der Waals surface area contributed by atoms with Gasteiger partial charge in [0.1, 0.15) is 23.3 Å². The van der Waals surface area contributed by atoms with Crippen LogP contribution in [0.15, 0.2) is 18.0 Å². The number of nitrogens with zero attached hydrogens (tertiary/aromatic N) is 5. The van der Waals surface area contributed by atoms with Gasteiger partial charge in [-0.15, -0.1) is 5.10 Å². The number of halogens is 14. The number of aryl methyl sites for hydroxylation is 1. The van der Waals surface area contributed by atoms with Gasteiger partial charge >= 0.3 is 30.1 Å². The molecule has 0 aromatic carbocycles. The van der Waals surface area contributed by atoms with Gasteiger partial charge in [0.05, 0.1) is 0 Å². The summed E-state index contributed by atoms with van der Waals surface area (Å²) in [5.74, 6) is -16.8. The van der Waals surface area contributed by atoms with E-state index < -0.39 is 54.1 Å². The molecule has 0 aliphatic carbocycles. The highest BCUT2D eigenvalue weighted by Gasteiger charge is 2.76. The Morgan fingerprint density at radius 3 is 1.63 bits per heavy atom. The molecule has 0 aliphatic heterocycles. The first-order valence-corrected chi connectivity index (χ1v) is 9.38. The van der Waals surface area contributed by atoms with E-state index in [9.17, 15) is 66.3 Å². The number of ketones is 1. The lowest BCUT2D eigenvalue weighted by Gasteiger charge is -2.26. The molecule has 238 valence electrons. The van der Waals surface area contributed by atoms with Gasteiger partial charge in [-0.2, -0.15) is 67.6 Å². The Morgan fingerprint density at radius 1 is 1.05 bits per heavy atom. The molecular weight excluding hydrogens is 608 g/mol. The highest BCUT2D eigenvalue weighted by Crippen LogP contribution is 2.47. The van der Waals surface area contributed by atoms with E-state index in [1.807, 2.05) is 0 Å². The molecule has 22 heteroatoms. The monoisotopic (exact) mass is 631 g/mol. The van der Waals surface area contributed by atoms with Gasteiger partial charge in [-0.05, 0) is 7.05 Å². The minimum absolute atomic E-state index is 0. The van der Waals surface area contributed by atoms with Crippen LogP contribution < -0.4 is 11.3 Å². The molecule has 0 saturated carbocycles. The number of hydrazine groups is 1. The first-order chi connectivity index (χ1) is 17.7. The molecule has 41 heavy (non-hydrogen) atoms. The summed E-state index contributed by atoms with van der Waals surface area (Å²) in [4.78, 5) is 11.9. The molecule has 0 fully saturated rings. The second-order valence-corrected chi connectivity index (χ2v) is 6.84. The van der Waals surface area contributed by atoms with Crippen LogP contribution in [0.5, 0.6) is 0 Å². The zero-order chi connectivity index (χ0) is 32.9. The van der Waals surface area contributed by atoms with Crippen LogP contribution in [0.2, 0.25) is 0 Å². The minimum atomic E-state index is -6.62. The van der Waals surface area contributed by atoms with Gasteiger partial charge in [-0.25, -0.2) is 4.39 Å². The van der Waals surface area contributed by atoms with Gasteiger partial charge in [0.25, 0.3) is 5.78 Å². The first-order valence-electron chi connectivity index (χ1n) is 9.38. The number of alkyl halides is 13. The number of nitrogens with two attached hydrogens (primary N) is 1. The maximum absolute atomic E-state index is 12.9. The number of carbonyl (C=O) groups is 1. The first kappa shape index (κ1) is 44.4. The van der Waals surface area contributed by atoms with E-state index in [1.54, 1.807) is 20.2 Å². The van der Waals surface area contributed by atoms with Crippen LogP contribution in [0.25, 0.3) is 0 Å². The number of hydrogen-bond acceptors (Lipinski definition) is 7. The van der Waals surface area contributed by atoms with Crippen molar-refractivity contribution in [2.75, 3.05) is 27.8 Å². The molecule has 0 unspecified atom stereocenters. The SMILES string of the molecule is C.CN(C)/C=C(/C#N)C(=O)C(F)(F)C(F)(F)C(F)(F)F.CNN.Cn1cc(C#N)c(F)n1.FCC(F)(F)C(F)(F)F. The Bertz CT molecular complexity index is 1050. The van der Waals surface area contributed by atoms with Gasteiger partial charge < -0.3 is 4.90 Å². The van der Waals surface area contributed by atoms with Crippen LogP contribution in [0.4, 0.5) is 61.5 Å². The van der Waals surface area contributed by atoms with Gasteiger partial charge in [-0.1, -0.05) is 7.43 Å². The molecular formula is C19H23F14N7O. The summed E-state index contributed by atoms with van der Waals surface area (Å²) in [6, 6.07) is 2.51. The summed E-state index contributed by atoms with van der Waals surface area (Å²) < 4.78 is 166. The smallest absolute Gasteiger partial charge is 0.382 e. The molecule has 0 radical (unpaired) electrons. The van der Waals surface area contributed by atoms with Crippen molar-refractivity contribution >= 4 is 5.78 Å². The number of aromatic nitrogens is 2. The van der Waals surface area contributed by atoms with E-state index in [0.29, 0.717) is 6.20 Å². The molecule has 0 aliphatic rings. The molecule has 3 N–H and O–H groups in total. The fourth-order valence-corrected chi connectivity index (χ4v) is 1.50. The topological polar surface area (TPSA) is 124 Å². The summed E-state index contributed by atoms with van der Waals surface area (Å²) >= 11 is 0. The molecule has 0 spiro atoms. The fourth-order valence-electron chi connectivity index (χ4n) is 1.50. The van der Waals surface area contributed by atoms with Crippen LogP contribution in [0, 0.1) is 28.6 Å². The zero-order valence-corrected chi connectivity index (χ0v) is 20.4. The predicted molar refractivity (Wildman–Crippen MR) is 113 cm³/mol. The van der Waals surface area contributed by atoms with Crippen molar-refractivity contribution in [3.8, 4) is 12.1 Å². The molecule has 0 saturated heterocycles. The molecule has 0 amide bonds. The van der Waals surface area contributed by atoms with Crippen LogP contribution in [0.3, 0.4) is 0 Å². The lowest BCUT2D eigenvalue weighted by molar-refractivity contribution is -0.342. The Balaban J connectivity index is -0.000000259. The summed E-state index contributed by atoms with van der Waals surface area (Å²) in [5, 5.41) is 19.8. The molecule has 8 nitrogen and oxygen atoms in total. The molecule has 1 rings (SSSR count). The van der Waals surface area contributed by atoms with Crippen molar-refractivity contribution in [1.29, 1.82) is 10.5 Å². The van der Waals surface area contributed by atoms with Gasteiger partial charge in [0, 0.05) is 33.5 Å². The predicted octanol–water partition coefficient (Wildman–Crippen LogP) is 4.66. The van der Waals surface area contributed by atoms with E-state index in [0.717, 1.165) is 25.1 Å². The molecule has 0 atom stereocenters. The summed E-state index contributed by atoms with van der Waals surface area (Å²) in [5.41, 5.74) is 0.719. The Labute approximate surface area is 223 Å². The highest BCUT2D eigenvalue weighted by molar-refractivity contribution is 6.04. The third-order valence-corrected chi connectivity index (χ3v) is 3.27. The summed E-state index contributed by atoms with van der Waals surface area (Å²) in [6.45, 7) is -2.70. The van der Waals surface area contributed by atoms with Crippen molar-refractivity contribution in [3.63, 3.8) is 0 Å². The number of nitrogens with one attached hydrogen (secondary N) is 1. The van der Waals surface area contributed by atoms with Crippen molar-refractivity contribution in [2.45, 2.75) is 37.5 Å². The Kier molecular flexibility index (Phi) is 18.6. The van der Waals surface area contributed by atoms with Gasteiger partial charge in [-0.3, -0.25) is 20.7 Å². The Morgan fingerprint density at radius 2 is 1.46 bits per heavy atom. The average Bonchev–Trinajstić information content (AvgIpc) is 3.13. The van der Waals surface area contributed by atoms with Gasteiger partial charge in [0.15, 0.2) is 6.67 Å². The van der Waals surface area contributed by atoms with Crippen molar-refractivity contribution in [2.24, 2.45) is 12.9 Å². The quantitative estimate of drug-likeness (QED) is 0.159. The summed E-state index contributed by atoms with van der Waals surface area (Å²) in [7, 11) is 5.53. The summed E-state index contributed by atoms with van der Waals surface area (Å²) in [6.07, 6.45) is -10.6. The molecule has 0 bridgehead atoms. The average molecular weight is 631 g/mol. The van der Waals surface area contributed by atoms with E-state index in [4.69, 9.17) is 10.5 Å². The minimum Gasteiger partial charge on any atom is -0.382 e. The lowest BCUT2D eigenvalue weighted by Crippen LogP contribution is -2.56. The van der Waals surface area contributed by atoms with Gasteiger partial charge in [0.2, 0.25) is 5.95 Å². The molecule has 1 heterocycles. The Hall–Kier alpha value is -3.66. The van der Waals surface area contributed by atoms with Crippen molar-refractivity contribution < 1.29 is 66.3 Å². The number of rotatable bonds is 5. The number of hydrogen-bond donors (Lipinski definition) is 2. The van der Waals surface area contributed by atoms with Crippen molar-refractivity contribution in [1.82, 2.24) is 20.1 Å². The third-order valence-electron chi connectivity index (χ3n) is 3.27. The second-order valence-electron chi connectivity index (χ2n) is 6.84. The largest absolute Gasteiger partial charge is 0.460 e. The van der Waals surface area contributed by atoms with E-state index in [-0.39, 0.29) is 13.0 Å². The normalized spacial score (nSPS) is 12.0. The van der Waals surface area contributed by atoms with E-state index >= 15 is 0 Å². The maximum atomic E-state index is 12.9. The zero-order valence-electron chi connectivity index (χ0n) is 20.4. The number of Topliss-reactive ketones (excluding diaryl/α,β-unsaturated/α-hetero) is 1. The fraction of sp³-hybridized carbons (Fsp3) is 0.579. The third kappa shape index (κ3) is 13.5. The van der Waals surface area contributed by atoms with Crippen LogP contribution in [0.1, 0.15) is 13.0 Å². The van der Waals surface area contributed by atoms with Crippen LogP contribution in [-0.2, 0) is 11.8 Å². The molecule has 1 aromatic rings. The lowest BCUT2D eigenvalue weighted by atomic mass is 10.0. The van der Waals surface area contributed by atoms with E-state index in [2.05, 4.69) is 16.4 Å². The second kappa shape index (κ2) is 17.2. The van der Waals surface area contributed by atoms with Crippen LogP contribution in [-0.4, -0.2) is 78.4 Å². The van der Waals surface area contributed by atoms with E-state index in [1.165, 1.54) is 10.9 Å². The standard InChI is InChI=1S/C9H7F7N2O.C5H4FN3.C3H2F6.CH6N2.CH4/c1-18(2)4-5(3-17)6(19)7(10,11)8(12,13)9(14,15)16;1-9-3-4(2-7)5(6)8-9;4-1-2(5,6)3(7,8)9;1-3-2;/h4H,1-2H3;3H,1H3;1H2;3H,2H2,1H3;1H4/b5-4-;;;;. The van der Waals surface area contributed by atoms with Crippen molar-refractivity contribution in [3.05, 3.63) is 29.5 Å². The number of carbonyl (C=O) groups excluding carboxylic acids is 1. The maximum Gasteiger partial charge on any atom is 0.460 e. The van der Waals surface area contributed by atoms with Crippen LogP contribution >= 0.6 is 0 Å². The number of allylic oxidation sites excluding steroid dienone is 1. The molecule has 1 aromatic heterocycles.